The van der Waals surface area contributed by atoms with Crippen LogP contribution in [0, 0.1) is 0 Å². The number of nitrogens with one attached hydrogen (secondary N) is 1. The molecule has 1 aromatic heterocycles. The van der Waals surface area contributed by atoms with Crippen molar-refractivity contribution in [1.29, 1.82) is 0 Å². The standard InChI is InChI=1S/C25H29N3O3S/c1-5-26-25(31)23-22(16-6-7-17-13-28(4)9-8-15(17)10-16)24(32-27-23)19-11-18(14(2)3)20(29)12-21(19)30/h6-7,10-12,14,29-30H,5,8-9,13H2,1-4H3,(H,26,31). The zero-order valence-corrected chi connectivity index (χ0v) is 19.7. The van der Waals surface area contributed by atoms with Crippen molar-refractivity contribution in [3.05, 3.63) is 52.7 Å². The van der Waals surface area contributed by atoms with Crippen LogP contribution in [0.2, 0.25) is 0 Å². The van der Waals surface area contributed by atoms with Crippen LogP contribution in [0.3, 0.4) is 0 Å². The van der Waals surface area contributed by atoms with Crippen molar-refractivity contribution in [3.8, 4) is 33.1 Å². The van der Waals surface area contributed by atoms with Gasteiger partial charge >= 0.3 is 0 Å². The minimum absolute atomic E-state index is 0.0289. The van der Waals surface area contributed by atoms with Gasteiger partial charge in [-0.2, -0.15) is 4.37 Å². The third kappa shape index (κ3) is 4.10. The summed E-state index contributed by atoms with van der Waals surface area (Å²) in [5.41, 5.74) is 5.88. The second-order valence-corrected chi connectivity index (χ2v) is 9.42. The van der Waals surface area contributed by atoms with Crippen molar-refractivity contribution in [2.45, 2.75) is 39.7 Å². The molecule has 1 aliphatic heterocycles. The van der Waals surface area contributed by atoms with Crippen LogP contribution in [0.1, 0.15) is 53.9 Å². The Hall–Kier alpha value is -2.90. The van der Waals surface area contributed by atoms with Crippen molar-refractivity contribution in [2.24, 2.45) is 0 Å². The predicted octanol–water partition coefficient (Wildman–Crippen LogP) is 4.75. The number of carbonyl (C=O) groups excluding carboxylic acids is 1. The fraction of sp³-hybridized carbons (Fsp3) is 0.360. The van der Waals surface area contributed by atoms with Crippen molar-refractivity contribution in [2.75, 3.05) is 20.1 Å². The SMILES string of the molecule is CCNC(=O)c1nsc(-c2cc(C(C)C)c(O)cc2O)c1-c1ccc2c(c1)CCN(C)C2. The molecule has 2 aromatic carbocycles. The van der Waals surface area contributed by atoms with Gasteiger partial charge in [-0.25, -0.2) is 0 Å². The molecule has 0 saturated carbocycles. The van der Waals surface area contributed by atoms with Crippen molar-refractivity contribution in [3.63, 3.8) is 0 Å². The molecule has 2 heterocycles. The number of hydrogen-bond donors (Lipinski definition) is 3. The van der Waals surface area contributed by atoms with Gasteiger partial charge in [-0.05, 0) is 66.2 Å². The second kappa shape index (κ2) is 8.92. The molecule has 0 unspecified atom stereocenters. The lowest BCUT2D eigenvalue weighted by Gasteiger charge is -2.25. The van der Waals surface area contributed by atoms with Gasteiger partial charge in [-0.3, -0.25) is 4.79 Å². The molecule has 3 aromatic rings. The average molecular weight is 452 g/mol. The normalized spacial score (nSPS) is 13.9. The third-order valence-corrected chi connectivity index (χ3v) is 6.83. The van der Waals surface area contributed by atoms with E-state index < -0.39 is 0 Å². The summed E-state index contributed by atoms with van der Waals surface area (Å²) in [6.07, 6.45) is 0.949. The Labute approximate surface area is 192 Å². The van der Waals surface area contributed by atoms with Gasteiger partial charge in [0.1, 0.15) is 17.2 Å². The van der Waals surface area contributed by atoms with E-state index in [0.29, 0.717) is 17.8 Å². The second-order valence-electron chi connectivity index (χ2n) is 8.65. The van der Waals surface area contributed by atoms with Crippen molar-refractivity contribution in [1.82, 2.24) is 14.6 Å². The number of rotatable bonds is 5. The van der Waals surface area contributed by atoms with E-state index in [1.165, 1.54) is 28.7 Å². The fourth-order valence-corrected chi connectivity index (χ4v) is 5.15. The van der Waals surface area contributed by atoms with Gasteiger partial charge in [0.25, 0.3) is 5.91 Å². The van der Waals surface area contributed by atoms with Crippen molar-refractivity contribution < 1.29 is 15.0 Å². The first-order valence-electron chi connectivity index (χ1n) is 10.9. The Morgan fingerprint density at radius 1 is 1.19 bits per heavy atom. The van der Waals surface area contributed by atoms with Gasteiger partial charge in [0, 0.05) is 36.8 Å². The maximum Gasteiger partial charge on any atom is 0.271 e. The third-order valence-electron chi connectivity index (χ3n) is 5.95. The lowest BCUT2D eigenvalue weighted by Crippen LogP contribution is -2.26. The van der Waals surface area contributed by atoms with Crippen LogP contribution >= 0.6 is 11.5 Å². The Bertz CT molecular complexity index is 1170. The van der Waals surface area contributed by atoms with E-state index in [0.717, 1.165) is 41.1 Å². The Kier molecular flexibility index (Phi) is 6.22. The first-order chi connectivity index (χ1) is 15.3. The summed E-state index contributed by atoms with van der Waals surface area (Å²) >= 11 is 1.20. The topological polar surface area (TPSA) is 85.7 Å². The number of aromatic nitrogens is 1. The lowest BCUT2D eigenvalue weighted by molar-refractivity contribution is 0.0952. The molecule has 0 spiro atoms. The van der Waals surface area contributed by atoms with E-state index in [4.69, 9.17) is 0 Å². The van der Waals surface area contributed by atoms with Crippen LogP contribution in [0.25, 0.3) is 21.6 Å². The molecule has 0 bridgehead atoms. The van der Waals surface area contributed by atoms with Gasteiger partial charge in [-0.1, -0.05) is 32.0 Å². The van der Waals surface area contributed by atoms with Gasteiger partial charge in [0.15, 0.2) is 0 Å². The summed E-state index contributed by atoms with van der Waals surface area (Å²) in [6.45, 7) is 8.26. The van der Waals surface area contributed by atoms with Crippen LogP contribution in [-0.2, 0) is 13.0 Å². The highest BCUT2D eigenvalue weighted by Crippen LogP contribution is 2.45. The number of fused-ring (bicyclic) bond motifs is 1. The number of hydrogen-bond acceptors (Lipinski definition) is 6. The molecule has 6 nitrogen and oxygen atoms in total. The Morgan fingerprint density at radius 2 is 1.97 bits per heavy atom. The number of amides is 1. The van der Waals surface area contributed by atoms with E-state index in [2.05, 4.69) is 33.8 Å². The maximum absolute atomic E-state index is 12.9. The Balaban J connectivity index is 1.92. The largest absolute Gasteiger partial charge is 0.508 e. The first-order valence-corrected chi connectivity index (χ1v) is 11.7. The number of aromatic hydroxyl groups is 2. The first kappa shape index (κ1) is 22.3. The van der Waals surface area contributed by atoms with E-state index >= 15 is 0 Å². The summed E-state index contributed by atoms with van der Waals surface area (Å²) in [7, 11) is 2.12. The number of likely N-dealkylation sites (N-methyl/N-ethyl adjacent to an activating group) is 1. The molecule has 0 aliphatic carbocycles. The number of nitrogens with zero attached hydrogens (tertiary/aromatic N) is 2. The van der Waals surface area contributed by atoms with Crippen LogP contribution in [-0.4, -0.2) is 45.5 Å². The molecule has 1 aliphatic rings. The van der Waals surface area contributed by atoms with E-state index in [9.17, 15) is 15.0 Å². The van der Waals surface area contributed by atoms with Gasteiger partial charge < -0.3 is 20.4 Å². The number of carbonyl (C=O) groups is 1. The molecule has 32 heavy (non-hydrogen) atoms. The van der Waals surface area contributed by atoms with Gasteiger partial charge in [-0.15, -0.1) is 0 Å². The van der Waals surface area contributed by atoms with Gasteiger partial charge in [0.05, 0.1) is 4.88 Å². The smallest absolute Gasteiger partial charge is 0.271 e. The molecule has 4 rings (SSSR count). The molecule has 0 saturated heterocycles. The molecule has 0 atom stereocenters. The molecule has 168 valence electrons. The van der Waals surface area contributed by atoms with Crippen LogP contribution in [0.15, 0.2) is 30.3 Å². The molecular formula is C25H29N3O3S. The Morgan fingerprint density at radius 3 is 2.69 bits per heavy atom. The van der Waals surface area contributed by atoms with E-state index in [1.54, 1.807) is 6.07 Å². The number of phenolic OH excluding ortho intramolecular Hbond substituents is 2. The highest BCUT2D eigenvalue weighted by Gasteiger charge is 2.26. The number of benzene rings is 2. The van der Waals surface area contributed by atoms with E-state index in [-0.39, 0.29) is 23.3 Å². The minimum Gasteiger partial charge on any atom is -0.508 e. The van der Waals surface area contributed by atoms with Crippen LogP contribution in [0.4, 0.5) is 0 Å². The molecule has 1 amide bonds. The molecule has 7 heteroatoms. The summed E-state index contributed by atoms with van der Waals surface area (Å²) in [6, 6.07) is 9.50. The molecular weight excluding hydrogens is 422 g/mol. The van der Waals surface area contributed by atoms with Crippen molar-refractivity contribution >= 4 is 17.4 Å². The summed E-state index contributed by atoms with van der Waals surface area (Å²) < 4.78 is 4.50. The predicted molar refractivity (Wildman–Crippen MR) is 128 cm³/mol. The molecule has 0 radical (unpaired) electrons. The minimum atomic E-state index is -0.232. The molecule has 0 fully saturated rings. The highest BCUT2D eigenvalue weighted by molar-refractivity contribution is 7.10. The van der Waals surface area contributed by atoms with E-state index in [1.807, 2.05) is 26.8 Å². The summed E-state index contributed by atoms with van der Waals surface area (Å²) in [5, 5.41) is 23.9. The zero-order valence-electron chi connectivity index (χ0n) is 18.9. The zero-order chi connectivity index (χ0) is 23.0. The number of phenols is 2. The monoisotopic (exact) mass is 451 g/mol. The molecule has 3 N–H and O–H groups in total. The lowest BCUT2D eigenvalue weighted by atomic mass is 9.91. The highest BCUT2D eigenvalue weighted by atomic mass is 32.1. The quantitative estimate of drug-likeness (QED) is 0.521. The van der Waals surface area contributed by atoms with Gasteiger partial charge in [0.2, 0.25) is 0 Å². The maximum atomic E-state index is 12.9. The average Bonchev–Trinajstić information content (AvgIpc) is 3.18. The fourth-order valence-electron chi connectivity index (χ4n) is 4.23. The van der Waals surface area contributed by atoms with Crippen LogP contribution < -0.4 is 5.32 Å². The summed E-state index contributed by atoms with van der Waals surface area (Å²) in [5.74, 6) is -0.118. The van der Waals surface area contributed by atoms with Crippen LogP contribution in [0.5, 0.6) is 11.5 Å². The summed E-state index contributed by atoms with van der Waals surface area (Å²) in [4.78, 5) is 15.9.